The van der Waals surface area contributed by atoms with E-state index in [1.54, 1.807) is 6.20 Å². The molecule has 0 amide bonds. The number of hydrogen-bond acceptors (Lipinski definition) is 4. The van der Waals surface area contributed by atoms with Crippen molar-refractivity contribution in [1.82, 2.24) is 4.98 Å². The molecular weight excluding hydrogens is 235 g/mol. The number of hydrogen-bond donors (Lipinski definition) is 0. The first-order valence-corrected chi connectivity index (χ1v) is 6.56. The van der Waals surface area contributed by atoms with E-state index in [-0.39, 0.29) is 11.1 Å². The van der Waals surface area contributed by atoms with Crippen molar-refractivity contribution >= 4 is 27.8 Å². The molecule has 0 saturated heterocycles. The van der Waals surface area contributed by atoms with E-state index in [2.05, 4.69) is 23.8 Å². The van der Waals surface area contributed by atoms with E-state index < -0.39 is 0 Å². The van der Waals surface area contributed by atoms with Gasteiger partial charge in [0.25, 0.3) is 0 Å². The minimum absolute atomic E-state index is 0.184. The van der Waals surface area contributed by atoms with E-state index in [9.17, 15) is 0 Å². The Morgan fingerprint density at radius 3 is 2.58 bits per heavy atom. The average Bonchev–Trinajstić information content (AvgIpc) is 2.56. The van der Waals surface area contributed by atoms with E-state index >= 15 is 0 Å². The summed E-state index contributed by atoms with van der Waals surface area (Å²) in [5.41, 5.74) is 0.379. The van der Waals surface area contributed by atoms with Crippen molar-refractivity contribution in [3.63, 3.8) is 0 Å². The first-order chi connectivity index (χ1) is 8.68. The summed E-state index contributed by atoms with van der Waals surface area (Å²) in [5, 5.41) is 0. The second kappa shape index (κ2) is 4.85. The Morgan fingerprint density at radius 1 is 1.37 bits per heavy atom. The van der Waals surface area contributed by atoms with Crippen LogP contribution in [0.5, 0.6) is 5.88 Å². The van der Waals surface area contributed by atoms with Crippen molar-refractivity contribution in [3.05, 3.63) is 17.8 Å². The SMILES string of the molecule is [Li][c]1ccnc(OC(C)(C)C)c1C1=NC(C)(C)CO1. The summed E-state index contributed by atoms with van der Waals surface area (Å²) < 4.78 is 12.7. The van der Waals surface area contributed by atoms with Gasteiger partial charge in [-0.25, -0.2) is 0 Å². The first-order valence-electron chi connectivity index (χ1n) is 6.56. The quantitative estimate of drug-likeness (QED) is 0.753. The van der Waals surface area contributed by atoms with Crippen LogP contribution in [0, 0.1) is 0 Å². The molecule has 98 valence electrons. The Balaban J connectivity index is 2.45. The van der Waals surface area contributed by atoms with Crippen LogP contribution in [0.3, 0.4) is 0 Å². The van der Waals surface area contributed by atoms with E-state index in [0.717, 1.165) is 9.80 Å². The molecule has 1 aromatic heterocycles. The molecule has 0 fully saturated rings. The average molecular weight is 254 g/mol. The number of aromatic nitrogens is 1. The zero-order valence-electron chi connectivity index (χ0n) is 12.6. The first kappa shape index (κ1) is 14.4. The van der Waals surface area contributed by atoms with Gasteiger partial charge < -0.3 is 0 Å². The van der Waals surface area contributed by atoms with Crippen molar-refractivity contribution < 1.29 is 9.47 Å². The molecule has 19 heavy (non-hydrogen) atoms. The fourth-order valence-electron chi connectivity index (χ4n) is 1.87. The van der Waals surface area contributed by atoms with Gasteiger partial charge in [0.1, 0.15) is 0 Å². The summed E-state index contributed by atoms with van der Waals surface area (Å²) in [6, 6.07) is 1.95. The van der Waals surface area contributed by atoms with Gasteiger partial charge in [-0.1, -0.05) is 0 Å². The van der Waals surface area contributed by atoms with Crippen molar-refractivity contribution in [2.45, 2.75) is 45.8 Å². The Morgan fingerprint density at radius 2 is 2.05 bits per heavy atom. The van der Waals surface area contributed by atoms with Crippen LogP contribution >= 0.6 is 0 Å². The predicted molar refractivity (Wildman–Crippen MR) is 76.6 cm³/mol. The van der Waals surface area contributed by atoms with Crippen LogP contribution in [0.1, 0.15) is 40.2 Å². The summed E-state index contributed by atoms with van der Waals surface area (Å²) in [5.74, 6) is 1.22. The maximum absolute atomic E-state index is 5.92. The van der Waals surface area contributed by atoms with Crippen molar-refractivity contribution in [2.24, 2.45) is 4.99 Å². The number of ether oxygens (including phenoxy) is 2. The Labute approximate surface area is 123 Å². The fourth-order valence-corrected chi connectivity index (χ4v) is 1.87. The van der Waals surface area contributed by atoms with Gasteiger partial charge in [0.15, 0.2) is 0 Å². The summed E-state index contributed by atoms with van der Waals surface area (Å²) in [6.45, 7) is 10.7. The Kier molecular flexibility index (Phi) is 3.68. The maximum atomic E-state index is 5.92. The monoisotopic (exact) mass is 254 g/mol. The van der Waals surface area contributed by atoms with Gasteiger partial charge in [0.05, 0.1) is 0 Å². The van der Waals surface area contributed by atoms with Crippen LogP contribution < -0.4 is 8.97 Å². The fraction of sp³-hybridized carbons (Fsp3) is 0.571. The van der Waals surface area contributed by atoms with E-state index in [1.165, 1.54) is 0 Å². The van der Waals surface area contributed by atoms with E-state index in [0.29, 0.717) is 18.4 Å². The van der Waals surface area contributed by atoms with Crippen molar-refractivity contribution in [3.8, 4) is 5.88 Å². The standard InChI is InChI=1S/C14H19N2O2.Li/c1-13(2,3)18-11-10(7-6-8-15-11)12-16-14(4,5)9-17-12;/h6,8H,9H2,1-5H3;. The van der Waals surface area contributed by atoms with Crippen molar-refractivity contribution in [2.75, 3.05) is 6.61 Å². The van der Waals surface area contributed by atoms with Gasteiger partial charge >= 0.3 is 123 Å². The molecule has 1 aliphatic heterocycles. The molecule has 4 nitrogen and oxygen atoms in total. The number of aliphatic imine (C=N–C) groups is 1. The molecule has 0 N–H and O–H groups in total. The van der Waals surface area contributed by atoms with Gasteiger partial charge in [-0.05, 0) is 0 Å². The summed E-state index contributed by atoms with van der Waals surface area (Å²) >= 11 is 2.02. The number of nitrogens with zero attached hydrogens (tertiary/aromatic N) is 2. The zero-order chi connectivity index (χ0) is 14.3. The van der Waals surface area contributed by atoms with E-state index in [1.807, 2.05) is 44.6 Å². The van der Waals surface area contributed by atoms with Crippen LogP contribution in [-0.4, -0.2) is 46.3 Å². The third-order valence-electron chi connectivity index (χ3n) is 2.71. The van der Waals surface area contributed by atoms with Crippen molar-refractivity contribution in [1.29, 1.82) is 0 Å². The molecule has 1 aromatic rings. The molecule has 0 bridgehead atoms. The van der Waals surface area contributed by atoms with Gasteiger partial charge in [-0.15, -0.1) is 0 Å². The van der Waals surface area contributed by atoms with Crippen LogP contribution in [0.2, 0.25) is 0 Å². The van der Waals surface area contributed by atoms with Crippen LogP contribution in [-0.2, 0) is 4.74 Å². The summed E-state index contributed by atoms with van der Waals surface area (Å²) in [4.78, 5) is 8.95. The number of rotatable bonds is 2. The molecule has 1 aliphatic rings. The predicted octanol–water partition coefficient (Wildman–Crippen LogP) is 1.61. The third-order valence-corrected chi connectivity index (χ3v) is 2.71. The molecule has 0 spiro atoms. The Hall–Kier alpha value is -0.983. The van der Waals surface area contributed by atoms with Gasteiger partial charge in [-0.3, -0.25) is 0 Å². The molecular formula is C14H19LiN2O2. The zero-order valence-corrected chi connectivity index (χ0v) is 12.6. The van der Waals surface area contributed by atoms with Crippen LogP contribution in [0.25, 0.3) is 0 Å². The molecule has 2 rings (SSSR count). The molecule has 5 heteroatoms. The molecule has 0 atom stereocenters. The third kappa shape index (κ3) is 3.52. The topological polar surface area (TPSA) is 43.7 Å². The molecule has 0 unspecified atom stereocenters. The molecule has 2 heterocycles. The van der Waals surface area contributed by atoms with Gasteiger partial charge in [0, 0.05) is 0 Å². The Bertz CT molecular complexity index is 519. The molecule has 0 saturated carbocycles. The van der Waals surface area contributed by atoms with Gasteiger partial charge in [0.2, 0.25) is 0 Å². The second-order valence-electron chi connectivity index (χ2n) is 6.54. The molecule has 0 radical (unpaired) electrons. The normalized spacial score (nSPS) is 17.9. The second-order valence-corrected chi connectivity index (χ2v) is 6.54. The molecule has 0 aromatic carbocycles. The van der Waals surface area contributed by atoms with Gasteiger partial charge in [-0.2, -0.15) is 0 Å². The summed E-state index contributed by atoms with van der Waals surface area (Å²) in [7, 11) is 0. The van der Waals surface area contributed by atoms with E-state index in [4.69, 9.17) is 9.47 Å². The number of pyridine rings is 1. The minimum atomic E-state index is -0.301. The summed E-state index contributed by atoms with van der Waals surface area (Å²) in [6.07, 6.45) is 1.75. The van der Waals surface area contributed by atoms with Crippen LogP contribution in [0.15, 0.2) is 17.3 Å². The van der Waals surface area contributed by atoms with Crippen LogP contribution in [0.4, 0.5) is 0 Å². The molecule has 0 aliphatic carbocycles.